The fourth-order valence-corrected chi connectivity index (χ4v) is 2.00. The zero-order valence-electron chi connectivity index (χ0n) is 12.0. The van der Waals surface area contributed by atoms with Crippen LogP contribution in [-0.4, -0.2) is 9.78 Å². The number of halogens is 2. The van der Waals surface area contributed by atoms with Gasteiger partial charge in [0.1, 0.15) is 5.82 Å². The van der Waals surface area contributed by atoms with Gasteiger partial charge in [-0.05, 0) is 18.9 Å². The third kappa shape index (κ3) is 3.35. The maximum atomic E-state index is 13.5. The van der Waals surface area contributed by atoms with Crippen LogP contribution in [0.25, 0.3) is 0 Å². The first kappa shape index (κ1) is 14.5. The van der Waals surface area contributed by atoms with E-state index in [1.165, 1.54) is 6.07 Å². The zero-order valence-corrected chi connectivity index (χ0v) is 12.0. The molecule has 0 atom stereocenters. The van der Waals surface area contributed by atoms with E-state index in [9.17, 15) is 8.78 Å². The summed E-state index contributed by atoms with van der Waals surface area (Å²) < 4.78 is 28.5. The van der Waals surface area contributed by atoms with Crippen molar-refractivity contribution in [2.75, 3.05) is 5.32 Å². The van der Waals surface area contributed by atoms with E-state index >= 15 is 0 Å². The van der Waals surface area contributed by atoms with Gasteiger partial charge < -0.3 is 5.32 Å². The molecule has 1 aromatic heterocycles. The molecule has 1 N–H and O–H groups in total. The van der Waals surface area contributed by atoms with Crippen LogP contribution in [0.2, 0.25) is 0 Å². The molecule has 5 heteroatoms. The lowest BCUT2D eigenvalue weighted by atomic mass is 10.2. The van der Waals surface area contributed by atoms with Gasteiger partial charge in [0.15, 0.2) is 11.6 Å². The van der Waals surface area contributed by atoms with Crippen molar-refractivity contribution in [3.8, 4) is 0 Å². The van der Waals surface area contributed by atoms with Gasteiger partial charge in [0.2, 0.25) is 0 Å². The number of anilines is 1. The third-order valence-corrected chi connectivity index (χ3v) is 3.01. The predicted octanol–water partition coefficient (Wildman–Crippen LogP) is 3.74. The molecule has 0 amide bonds. The van der Waals surface area contributed by atoms with Crippen molar-refractivity contribution in [1.29, 1.82) is 0 Å². The van der Waals surface area contributed by atoms with Crippen molar-refractivity contribution in [3.63, 3.8) is 0 Å². The SMILES string of the molecule is Cc1cc(NCc2cccc(F)c2F)nn1CC(C)C. The Hall–Kier alpha value is -1.91. The highest BCUT2D eigenvalue weighted by Gasteiger charge is 2.09. The quantitative estimate of drug-likeness (QED) is 0.903. The van der Waals surface area contributed by atoms with Crippen LogP contribution in [0.1, 0.15) is 25.1 Å². The van der Waals surface area contributed by atoms with E-state index < -0.39 is 11.6 Å². The molecule has 0 aliphatic rings. The Labute approximate surface area is 117 Å². The molecular formula is C15H19F2N3. The number of nitrogens with one attached hydrogen (secondary N) is 1. The highest BCUT2D eigenvalue weighted by Crippen LogP contribution is 2.15. The van der Waals surface area contributed by atoms with E-state index in [2.05, 4.69) is 24.3 Å². The van der Waals surface area contributed by atoms with Gasteiger partial charge in [0.05, 0.1) is 0 Å². The molecule has 0 bridgehead atoms. The molecule has 1 aromatic carbocycles. The van der Waals surface area contributed by atoms with Gasteiger partial charge in [-0.1, -0.05) is 26.0 Å². The number of aromatic nitrogens is 2. The number of hydrogen-bond acceptors (Lipinski definition) is 2. The molecule has 20 heavy (non-hydrogen) atoms. The summed E-state index contributed by atoms with van der Waals surface area (Å²) in [6.45, 7) is 7.26. The maximum absolute atomic E-state index is 13.5. The van der Waals surface area contributed by atoms with Crippen LogP contribution < -0.4 is 5.32 Å². The molecule has 2 rings (SSSR count). The predicted molar refractivity (Wildman–Crippen MR) is 75.5 cm³/mol. The van der Waals surface area contributed by atoms with Crippen molar-refractivity contribution in [3.05, 3.63) is 47.2 Å². The summed E-state index contributed by atoms with van der Waals surface area (Å²) in [5, 5.41) is 7.43. The monoisotopic (exact) mass is 279 g/mol. The first-order valence-corrected chi connectivity index (χ1v) is 6.68. The molecule has 108 valence electrons. The van der Waals surface area contributed by atoms with Gasteiger partial charge >= 0.3 is 0 Å². The largest absolute Gasteiger partial charge is 0.364 e. The number of hydrogen-bond donors (Lipinski definition) is 1. The molecule has 1 heterocycles. The van der Waals surface area contributed by atoms with Gasteiger partial charge in [0, 0.05) is 30.4 Å². The fourth-order valence-electron chi connectivity index (χ4n) is 2.00. The van der Waals surface area contributed by atoms with Crippen molar-refractivity contribution < 1.29 is 8.78 Å². The molecule has 0 aliphatic carbocycles. The molecular weight excluding hydrogens is 260 g/mol. The first-order valence-electron chi connectivity index (χ1n) is 6.68. The first-order chi connectivity index (χ1) is 9.47. The molecule has 0 aliphatic heterocycles. The second-order valence-corrected chi connectivity index (χ2v) is 5.31. The summed E-state index contributed by atoms with van der Waals surface area (Å²) in [5.74, 6) is -0.460. The van der Waals surface area contributed by atoms with Crippen LogP contribution in [0, 0.1) is 24.5 Å². The molecule has 2 aromatic rings. The van der Waals surface area contributed by atoms with Crippen molar-refractivity contribution in [2.24, 2.45) is 5.92 Å². The van der Waals surface area contributed by atoms with E-state index in [0.717, 1.165) is 18.3 Å². The summed E-state index contributed by atoms with van der Waals surface area (Å²) in [5.41, 5.74) is 1.34. The van der Waals surface area contributed by atoms with Gasteiger partial charge in [-0.25, -0.2) is 8.78 Å². The minimum absolute atomic E-state index is 0.210. The molecule has 0 fully saturated rings. The van der Waals surface area contributed by atoms with Crippen LogP contribution in [0.5, 0.6) is 0 Å². The number of benzene rings is 1. The lowest BCUT2D eigenvalue weighted by molar-refractivity contribution is 0.475. The van der Waals surface area contributed by atoms with Crippen molar-refractivity contribution in [2.45, 2.75) is 33.9 Å². The second kappa shape index (κ2) is 6.03. The van der Waals surface area contributed by atoms with Crippen molar-refractivity contribution >= 4 is 5.82 Å². The highest BCUT2D eigenvalue weighted by molar-refractivity contribution is 5.37. The lowest BCUT2D eigenvalue weighted by Gasteiger charge is -2.07. The number of nitrogens with zero attached hydrogens (tertiary/aromatic N) is 2. The third-order valence-electron chi connectivity index (χ3n) is 3.01. The van der Waals surface area contributed by atoms with Crippen LogP contribution >= 0.6 is 0 Å². The number of aryl methyl sites for hydroxylation is 1. The fraction of sp³-hybridized carbons (Fsp3) is 0.400. The molecule has 3 nitrogen and oxygen atoms in total. The Bertz CT molecular complexity index is 591. The van der Waals surface area contributed by atoms with E-state index in [1.54, 1.807) is 6.07 Å². The molecule has 0 saturated heterocycles. The van der Waals surface area contributed by atoms with E-state index in [0.29, 0.717) is 17.3 Å². The van der Waals surface area contributed by atoms with E-state index in [-0.39, 0.29) is 6.54 Å². The minimum Gasteiger partial charge on any atom is -0.364 e. The molecule has 0 spiro atoms. The Kier molecular flexibility index (Phi) is 4.37. The average Bonchev–Trinajstić information content (AvgIpc) is 2.71. The maximum Gasteiger partial charge on any atom is 0.163 e. The van der Waals surface area contributed by atoms with Gasteiger partial charge in [0.25, 0.3) is 0 Å². The standard InChI is InChI=1S/C15H19F2N3/c1-10(2)9-20-11(3)7-14(19-20)18-8-12-5-4-6-13(16)15(12)17/h4-7,10H,8-9H2,1-3H3,(H,18,19). The summed E-state index contributed by atoms with van der Waals surface area (Å²) in [7, 11) is 0. The average molecular weight is 279 g/mol. The van der Waals surface area contributed by atoms with E-state index in [4.69, 9.17) is 0 Å². The Balaban J connectivity index is 2.06. The van der Waals surface area contributed by atoms with Crippen LogP contribution in [-0.2, 0) is 13.1 Å². The molecule has 0 saturated carbocycles. The molecule has 0 unspecified atom stereocenters. The number of rotatable bonds is 5. The van der Waals surface area contributed by atoms with Crippen LogP contribution in [0.3, 0.4) is 0 Å². The summed E-state index contributed by atoms with van der Waals surface area (Å²) in [4.78, 5) is 0. The smallest absolute Gasteiger partial charge is 0.163 e. The van der Waals surface area contributed by atoms with Crippen LogP contribution in [0.15, 0.2) is 24.3 Å². The Morgan fingerprint density at radius 3 is 2.75 bits per heavy atom. The Morgan fingerprint density at radius 1 is 1.30 bits per heavy atom. The van der Waals surface area contributed by atoms with E-state index in [1.807, 2.05) is 17.7 Å². The van der Waals surface area contributed by atoms with Gasteiger partial charge in [-0.3, -0.25) is 4.68 Å². The summed E-state index contributed by atoms with van der Waals surface area (Å²) in [6, 6.07) is 6.07. The van der Waals surface area contributed by atoms with Gasteiger partial charge in [-0.15, -0.1) is 0 Å². The normalized spacial score (nSPS) is 11.1. The topological polar surface area (TPSA) is 29.9 Å². The summed E-state index contributed by atoms with van der Waals surface area (Å²) >= 11 is 0. The minimum atomic E-state index is -0.828. The zero-order chi connectivity index (χ0) is 14.7. The summed E-state index contributed by atoms with van der Waals surface area (Å²) in [6.07, 6.45) is 0. The highest BCUT2D eigenvalue weighted by atomic mass is 19.2. The second-order valence-electron chi connectivity index (χ2n) is 5.31. The lowest BCUT2D eigenvalue weighted by Crippen LogP contribution is -2.08. The van der Waals surface area contributed by atoms with Crippen molar-refractivity contribution in [1.82, 2.24) is 9.78 Å². The van der Waals surface area contributed by atoms with Gasteiger partial charge in [-0.2, -0.15) is 5.10 Å². The Morgan fingerprint density at radius 2 is 2.05 bits per heavy atom. The molecule has 0 radical (unpaired) electrons. The van der Waals surface area contributed by atoms with Crippen LogP contribution in [0.4, 0.5) is 14.6 Å².